The van der Waals surface area contributed by atoms with Crippen LogP contribution in [0.15, 0.2) is 42.5 Å². The molecule has 0 heterocycles. The SMILES string of the molecule is CCNC(=O)C(C)N(Cc1c(Cl)cccc1Cl)C(=O)CN(c1cccc(OC)c1)S(C)(=O)=O. The minimum Gasteiger partial charge on any atom is -0.497 e. The predicted octanol–water partition coefficient (Wildman–Crippen LogP) is 3.32. The van der Waals surface area contributed by atoms with Crippen LogP contribution in [0, 0.1) is 0 Å². The van der Waals surface area contributed by atoms with E-state index in [1.807, 2.05) is 0 Å². The summed E-state index contributed by atoms with van der Waals surface area (Å²) in [4.78, 5) is 27.3. The van der Waals surface area contributed by atoms with Crippen molar-refractivity contribution in [3.8, 4) is 5.75 Å². The molecular formula is C22H27Cl2N3O5S. The summed E-state index contributed by atoms with van der Waals surface area (Å²) in [5, 5.41) is 3.34. The van der Waals surface area contributed by atoms with Crippen LogP contribution in [0.5, 0.6) is 5.75 Å². The monoisotopic (exact) mass is 515 g/mol. The molecular weight excluding hydrogens is 489 g/mol. The zero-order valence-electron chi connectivity index (χ0n) is 18.8. The molecule has 0 fully saturated rings. The molecule has 8 nitrogen and oxygen atoms in total. The molecule has 11 heteroatoms. The Hall–Kier alpha value is -2.49. The Bertz CT molecular complexity index is 1090. The lowest BCUT2D eigenvalue weighted by molar-refractivity contribution is -0.139. The number of likely N-dealkylation sites (N-methyl/N-ethyl adjacent to an activating group) is 1. The first-order chi connectivity index (χ1) is 15.5. The van der Waals surface area contributed by atoms with Crippen LogP contribution in [0.4, 0.5) is 5.69 Å². The number of benzene rings is 2. The number of carbonyl (C=O) groups is 2. The summed E-state index contributed by atoms with van der Waals surface area (Å²) in [6.45, 7) is 3.08. The minimum atomic E-state index is -3.84. The maximum absolute atomic E-state index is 13.4. The maximum atomic E-state index is 13.4. The summed E-state index contributed by atoms with van der Waals surface area (Å²) in [5.74, 6) is -0.553. The third-order valence-corrected chi connectivity index (χ3v) is 6.78. The Kier molecular flexibility index (Phi) is 9.39. The minimum absolute atomic E-state index is 0.0780. The average Bonchev–Trinajstić information content (AvgIpc) is 2.76. The van der Waals surface area contributed by atoms with E-state index in [2.05, 4.69) is 5.32 Å². The molecule has 1 unspecified atom stereocenters. The van der Waals surface area contributed by atoms with Gasteiger partial charge >= 0.3 is 0 Å². The van der Waals surface area contributed by atoms with Gasteiger partial charge < -0.3 is 15.0 Å². The number of nitrogens with one attached hydrogen (secondary N) is 1. The summed E-state index contributed by atoms with van der Waals surface area (Å²) in [6, 6.07) is 10.4. The fourth-order valence-electron chi connectivity index (χ4n) is 3.14. The second kappa shape index (κ2) is 11.6. The van der Waals surface area contributed by atoms with Crippen LogP contribution >= 0.6 is 23.2 Å². The molecule has 0 aliphatic carbocycles. The number of hydrogen-bond donors (Lipinski definition) is 1. The molecule has 0 aliphatic heterocycles. The molecule has 1 atom stereocenters. The van der Waals surface area contributed by atoms with E-state index in [0.29, 0.717) is 27.9 Å². The van der Waals surface area contributed by atoms with Gasteiger partial charge in [0.2, 0.25) is 21.8 Å². The van der Waals surface area contributed by atoms with E-state index in [0.717, 1.165) is 10.6 Å². The first-order valence-electron chi connectivity index (χ1n) is 10.1. The number of amides is 2. The van der Waals surface area contributed by atoms with Gasteiger partial charge in [-0.3, -0.25) is 13.9 Å². The first-order valence-corrected chi connectivity index (χ1v) is 12.7. The van der Waals surface area contributed by atoms with E-state index >= 15 is 0 Å². The molecule has 0 radical (unpaired) electrons. The molecule has 2 aromatic carbocycles. The van der Waals surface area contributed by atoms with Crippen LogP contribution in [0.25, 0.3) is 0 Å². The number of methoxy groups -OCH3 is 1. The van der Waals surface area contributed by atoms with Gasteiger partial charge in [-0.05, 0) is 38.1 Å². The summed E-state index contributed by atoms with van der Waals surface area (Å²) >= 11 is 12.6. The van der Waals surface area contributed by atoms with Crippen LogP contribution in [-0.2, 0) is 26.2 Å². The molecule has 1 N–H and O–H groups in total. The summed E-state index contributed by atoms with van der Waals surface area (Å²) in [5.41, 5.74) is 0.712. The highest BCUT2D eigenvalue weighted by molar-refractivity contribution is 7.92. The average molecular weight is 516 g/mol. The topological polar surface area (TPSA) is 96.0 Å². The Morgan fingerprint density at radius 2 is 1.73 bits per heavy atom. The second-order valence-electron chi connectivity index (χ2n) is 7.26. The molecule has 0 aromatic heterocycles. The number of hydrogen-bond acceptors (Lipinski definition) is 5. The standard InChI is InChI=1S/C22H27Cl2N3O5S/c1-5-25-22(29)15(2)26(13-18-19(23)10-7-11-20(18)24)21(28)14-27(33(4,30)31)16-8-6-9-17(12-16)32-3/h6-12,15H,5,13-14H2,1-4H3,(H,25,29). The van der Waals surface area contributed by atoms with Gasteiger partial charge in [-0.2, -0.15) is 0 Å². The van der Waals surface area contributed by atoms with Gasteiger partial charge in [0.1, 0.15) is 18.3 Å². The van der Waals surface area contributed by atoms with Crippen molar-refractivity contribution in [2.24, 2.45) is 0 Å². The van der Waals surface area contributed by atoms with Crippen molar-refractivity contribution in [2.75, 3.05) is 30.8 Å². The Morgan fingerprint density at radius 1 is 1.12 bits per heavy atom. The van der Waals surface area contributed by atoms with Gasteiger partial charge in [0.15, 0.2) is 0 Å². The molecule has 0 spiro atoms. The van der Waals surface area contributed by atoms with Crippen LogP contribution in [-0.4, -0.2) is 57.6 Å². The van der Waals surface area contributed by atoms with Gasteiger partial charge in [0, 0.05) is 34.8 Å². The van der Waals surface area contributed by atoms with Gasteiger partial charge in [-0.15, -0.1) is 0 Å². The molecule has 2 aromatic rings. The molecule has 2 amide bonds. The van der Waals surface area contributed by atoms with E-state index < -0.39 is 28.5 Å². The summed E-state index contributed by atoms with van der Waals surface area (Å²) in [7, 11) is -2.38. The Balaban J connectivity index is 2.45. The predicted molar refractivity (Wildman–Crippen MR) is 130 cm³/mol. The zero-order valence-corrected chi connectivity index (χ0v) is 21.2. The summed E-state index contributed by atoms with van der Waals surface area (Å²) < 4.78 is 31.2. The Labute approximate surface area is 204 Å². The number of anilines is 1. The lowest BCUT2D eigenvalue weighted by Gasteiger charge is -2.32. The smallest absolute Gasteiger partial charge is 0.244 e. The van der Waals surface area contributed by atoms with Crippen LogP contribution < -0.4 is 14.4 Å². The van der Waals surface area contributed by atoms with Crippen molar-refractivity contribution >= 4 is 50.7 Å². The second-order valence-corrected chi connectivity index (χ2v) is 9.98. The number of halogens is 2. The van der Waals surface area contributed by atoms with Gasteiger partial charge in [0.25, 0.3) is 0 Å². The number of rotatable bonds is 10. The fourth-order valence-corrected chi connectivity index (χ4v) is 4.50. The molecule has 0 saturated carbocycles. The van der Waals surface area contributed by atoms with Crippen molar-refractivity contribution in [2.45, 2.75) is 26.4 Å². The highest BCUT2D eigenvalue weighted by Crippen LogP contribution is 2.27. The van der Waals surface area contributed by atoms with Crippen molar-refractivity contribution in [3.05, 3.63) is 58.1 Å². The molecule has 0 bridgehead atoms. The van der Waals surface area contributed by atoms with Gasteiger partial charge in [0.05, 0.1) is 19.1 Å². The molecule has 33 heavy (non-hydrogen) atoms. The van der Waals surface area contributed by atoms with E-state index in [-0.39, 0.29) is 18.1 Å². The third kappa shape index (κ3) is 6.99. The third-order valence-electron chi connectivity index (χ3n) is 4.93. The number of sulfonamides is 1. The first kappa shape index (κ1) is 26.8. The Morgan fingerprint density at radius 3 is 2.27 bits per heavy atom. The largest absolute Gasteiger partial charge is 0.497 e. The number of nitrogens with zero attached hydrogens (tertiary/aromatic N) is 2. The van der Waals surface area contributed by atoms with E-state index in [1.165, 1.54) is 18.1 Å². The van der Waals surface area contributed by atoms with Crippen molar-refractivity contribution < 1.29 is 22.7 Å². The van der Waals surface area contributed by atoms with Crippen LogP contribution in [0.2, 0.25) is 10.0 Å². The lowest BCUT2D eigenvalue weighted by Crippen LogP contribution is -2.51. The highest BCUT2D eigenvalue weighted by atomic mass is 35.5. The van der Waals surface area contributed by atoms with Gasteiger partial charge in [-0.25, -0.2) is 8.42 Å². The fraction of sp³-hybridized carbons (Fsp3) is 0.364. The molecule has 180 valence electrons. The molecule has 2 rings (SSSR count). The highest BCUT2D eigenvalue weighted by Gasteiger charge is 2.30. The van der Waals surface area contributed by atoms with E-state index in [1.54, 1.807) is 50.2 Å². The normalized spacial score (nSPS) is 12.1. The zero-order chi connectivity index (χ0) is 24.8. The van der Waals surface area contributed by atoms with E-state index in [4.69, 9.17) is 27.9 Å². The lowest BCUT2D eigenvalue weighted by atomic mass is 10.1. The van der Waals surface area contributed by atoms with Crippen LogP contribution in [0.1, 0.15) is 19.4 Å². The summed E-state index contributed by atoms with van der Waals surface area (Å²) in [6.07, 6.45) is 1.00. The van der Waals surface area contributed by atoms with E-state index in [9.17, 15) is 18.0 Å². The van der Waals surface area contributed by atoms with Crippen molar-refractivity contribution in [1.29, 1.82) is 0 Å². The number of carbonyl (C=O) groups excluding carboxylic acids is 2. The maximum Gasteiger partial charge on any atom is 0.244 e. The van der Waals surface area contributed by atoms with Gasteiger partial charge in [-0.1, -0.05) is 35.3 Å². The molecule has 0 aliphatic rings. The quantitative estimate of drug-likeness (QED) is 0.523. The molecule has 0 saturated heterocycles. The number of ether oxygens (including phenoxy) is 1. The van der Waals surface area contributed by atoms with Crippen molar-refractivity contribution in [3.63, 3.8) is 0 Å². The van der Waals surface area contributed by atoms with Crippen LogP contribution in [0.3, 0.4) is 0 Å². The van der Waals surface area contributed by atoms with Crippen molar-refractivity contribution in [1.82, 2.24) is 10.2 Å².